The Kier molecular flexibility index (Phi) is 5.66. The topological polar surface area (TPSA) is 64.9 Å². The van der Waals surface area contributed by atoms with Crippen molar-refractivity contribution >= 4 is 5.91 Å². The van der Waals surface area contributed by atoms with Gasteiger partial charge in [-0.25, -0.2) is 4.39 Å². The second-order valence-corrected chi connectivity index (χ2v) is 5.62. The Morgan fingerprint density at radius 3 is 2.70 bits per heavy atom. The van der Waals surface area contributed by atoms with Crippen molar-refractivity contribution in [2.24, 2.45) is 0 Å². The van der Waals surface area contributed by atoms with Crippen molar-refractivity contribution in [3.63, 3.8) is 0 Å². The lowest BCUT2D eigenvalue weighted by Crippen LogP contribution is -2.41. The van der Waals surface area contributed by atoms with Gasteiger partial charge in [-0.1, -0.05) is 12.1 Å². The fraction of sp³-hybridized carbons (Fsp3) is 0.467. The molecule has 0 aliphatic rings. The van der Waals surface area contributed by atoms with E-state index in [0.717, 1.165) is 0 Å². The van der Waals surface area contributed by atoms with E-state index in [-0.39, 0.29) is 17.0 Å². The van der Waals surface area contributed by atoms with E-state index in [2.05, 4.69) is 10.6 Å². The zero-order chi connectivity index (χ0) is 15.2. The molecule has 1 amide bonds. The first-order chi connectivity index (χ1) is 9.33. The second-order valence-electron chi connectivity index (χ2n) is 5.62. The molecule has 0 fully saturated rings. The van der Waals surface area contributed by atoms with E-state index in [4.69, 9.17) is 5.26 Å². The van der Waals surface area contributed by atoms with Gasteiger partial charge in [0.2, 0.25) is 5.91 Å². The summed E-state index contributed by atoms with van der Waals surface area (Å²) in [5.41, 5.74) is 0.222. The summed E-state index contributed by atoms with van der Waals surface area (Å²) in [6.07, 6.45) is 0.330. The van der Waals surface area contributed by atoms with Crippen LogP contribution in [0.15, 0.2) is 18.2 Å². The number of amides is 1. The maximum Gasteiger partial charge on any atom is 0.221 e. The van der Waals surface area contributed by atoms with Gasteiger partial charge in [0.15, 0.2) is 0 Å². The number of nitriles is 1. The first-order valence-corrected chi connectivity index (χ1v) is 6.52. The van der Waals surface area contributed by atoms with E-state index in [1.807, 2.05) is 20.8 Å². The minimum absolute atomic E-state index is 0.0368. The van der Waals surface area contributed by atoms with Crippen LogP contribution in [0.2, 0.25) is 0 Å². The van der Waals surface area contributed by atoms with E-state index < -0.39 is 5.82 Å². The van der Waals surface area contributed by atoms with Crippen molar-refractivity contribution in [3.05, 3.63) is 35.1 Å². The number of hydrogen-bond acceptors (Lipinski definition) is 3. The highest BCUT2D eigenvalue weighted by Crippen LogP contribution is 2.11. The molecule has 0 bridgehead atoms. The molecule has 108 valence electrons. The van der Waals surface area contributed by atoms with Gasteiger partial charge in [-0.05, 0) is 26.8 Å². The lowest BCUT2D eigenvalue weighted by atomic mass is 10.1. The lowest BCUT2D eigenvalue weighted by molar-refractivity contribution is -0.122. The molecule has 2 N–H and O–H groups in total. The SMILES string of the molecule is CC(C)(C)NC(=O)CCNCc1cccc(C#N)c1F. The van der Waals surface area contributed by atoms with Crippen LogP contribution in [0.4, 0.5) is 4.39 Å². The Hall–Kier alpha value is -1.93. The molecule has 20 heavy (non-hydrogen) atoms. The molecule has 0 aliphatic carbocycles. The van der Waals surface area contributed by atoms with Crippen molar-refractivity contribution in [3.8, 4) is 6.07 Å². The minimum Gasteiger partial charge on any atom is -0.351 e. The first kappa shape index (κ1) is 16.1. The van der Waals surface area contributed by atoms with Crippen molar-refractivity contribution in [2.75, 3.05) is 6.54 Å². The van der Waals surface area contributed by atoms with Crippen molar-refractivity contribution in [2.45, 2.75) is 39.3 Å². The zero-order valence-corrected chi connectivity index (χ0v) is 12.1. The van der Waals surface area contributed by atoms with Crippen molar-refractivity contribution in [1.82, 2.24) is 10.6 Å². The predicted molar refractivity (Wildman–Crippen MR) is 75.3 cm³/mol. The van der Waals surface area contributed by atoms with Crippen LogP contribution in [0.1, 0.15) is 38.3 Å². The van der Waals surface area contributed by atoms with E-state index >= 15 is 0 Å². The summed E-state index contributed by atoms with van der Waals surface area (Å²) in [6, 6.07) is 6.51. The van der Waals surface area contributed by atoms with E-state index in [0.29, 0.717) is 25.1 Å². The van der Waals surface area contributed by atoms with Crippen molar-refractivity contribution < 1.29 is 9.18 Å². The molecule has 1 aromatic rings. The Bertz CT molecular complexity index is 515. The second kappa shape index (κ2) is 7.01. The van der Waals surface area contributed by atoms with Gasteiger partial charge in [-0.3, -0.25) is 4.79 Å². The van der Waals surface area contributed by atoms with Gasteiger partial charge in [-0.2, -0.15) is 5.26 Å². The molecule has 0 unspecified atom stereocenters. The van der Waals surface area contributed by atoms with Gasteiger partial charge < -0.3 is 10.6 Å². The predicted octanol–water partition coefficient (Wildman–Crippen LogP) is 2.09. The van der Waals surface area contributed by atoms with Crippen LogP contribution in [0.25, 0.3) is 0 Å². The van der Waals surface area contributed by atoms with Gasteiger partial charge in [0.1, 0.15) is 11.9 Å². The van der Waals surface area contributed by atoms with Crippen LogP contribution in [0, 0.1) is 17.1 Å². The van der Waals surface area contributed by atoms with Gasteiger partial charge in [-0.15, -0.1) is 0 Å². The Balaban J connectivity index is 2.39. The number of hydrogen-bond donors (Lipinski definition) is 2. The molecule has 0 aromatic heterocycles. The number of carbonyl (C=O) groups is 1. The highest BCUT2D eigenvalue weighted by atomic mass is 19.1. The molecule has 0 aliphatic heterocycles. The maximum absolute atomic E-state index is 13.7. The van der Waals surface area contributed by atoms with Crippen LogP contribution in [-0.2, 0) is 11.3 Å². The number of benzene rings is 1. The molecule has 0 saturated heterocycles. The average molecular weight is 277 g/mol. The number of rotatable bonds is 5. The normalized spacial score (nSPS) is 10.9. The third kappa shape index (κ3) is 5.37. The molecule has 4 nitrogen and oxygen atoms in total. The summed E-state index contributed by atoms with van der Waals surface area (Å²) in [7, 11) is 0. The molecule has 0 radical (unpaired) electrons. The Labute approximate surface area is 119 Å². The molecule has 0 heterocycles. The van der Waals surface area contributed by atoms with Crippen LogP contribution < -0.4 is 10.6 Å². The highest BCUT2D eigenvalue weighted by molar-refractivity contribution is 5.76. The summed E-state index contributed by atoms with van der Waals surface area (Å²) in [5, 5.41) is 14.6. The molecule has 1 rings (SSSR count). The fourth-order valence-corrected chi connectivity index (χ4v) is 1.71. The summed E-state index contributed by atoms with van der Waals surface area (Å²) in [5.74, 6) is -0.544. The number of halogens is 1. The van der Waals surface area contributed by atoms with Crippen LogP contribution in [-0.4, -0.2) is 18.0 Å². The van der Waals surface area contributed by atoms with Crippen LogP contribution in [0.5, 0.6) is 0 Å². The monoisotopic (exact) mass is 277 g/mol. The summed E-state index contributed by atoms with van der Waals surface area (Å²) in [6.45, 7) is 6.51. The van der Waals surface area contributed by atoms with E-state index in [1.165, 1.54) is 6.07 Å². The van der Waals surface area contributed by atoms with E-state index in [9.17, 15) is 9.18 Å². The third-order valence-electron chi connectivity index (χ3n) is 2.56. The number of nitrogens with one attached hydrogen (secondary N) is 2. The first-order valence-electron chi connectivity index (χ1n) is 6.52. The summed E-state index contributed by atoms with van der Waals surface area (Å²) < 4.78 is 13.7. The molecule has 0 saturated carbocycles. The summed E-state index contributed by atoms with van der Waals surface area (Å²) >= 11 is 0. The Morgan fingerprint density at radius 1 is 1.40 bits per heavy atom. The van der Waals surface area contributed by atoms with Crippen LogP contribution in [0.3, 0.4) is 0 Å². The fourth-order valence-electron chi connectivity index (χ4n) is 1.71. The molecule has 1 aromatic carbocycles. The van der Waals surface area contributed by atoms with Gasteiger partial charge in [0, 0.05) is 30.6 Å². The molecular formula is C15H20FN3O. The van der Waals surface area contributed by atoms with E-state index in [1.54, 1.807) is 18.2 Å². The summed E-state index contributed by atoms with van der Waals surface area (Å²) in [4.78, 5) is 11.6. The largest absolute Gasteiger partial charge is 0.351 e. The van der Waals surface area contributed by atoms with Gasteiger partial charge in [0.25, 0.3) is 0 Å². The van der Waals surface area contributed by atoms with Gasteiger partial charge in [0.05, 0.1) is 5.56 Å². The number of nitrogens with zero attached hydrogens (tertiary/aromatic N) is 1. The molecule has 0 spiro atoms. The quantitative estimate of drug-likeness (QED) is 0.810. The lowest BCUT2D eigenvalue weighted by Gasteiger charge is -2.20. The van der Waals surface area contributed by atoms with Crippen molar-refractivity contribution in [1.29, 1.82) is 5.26 Å². The maximum atomic E-state index is 13.7. The van der Waals surface area contributed by atoms with Crippen LogP contribution >= 0.6 is 0 Å². The molecular weight excluding hydrogens is 257 g/mol. The average Bonchev–Trinajstić information content (AvgIpc) is 2.34. The van der Waals surface area contributed by atoms with Gasteiger partial charge >= 0.3 is 0 Å². The third-order valence-corrected chi connectivity index (χ3v) is 2.56. The zero-order valence-electron chi connectivity index (χ0n) is 12.1. The minimum atomic E-state index is -0.498. The highest BCUT2D eigenvalue weighted by Gasteiger charge is 2.13. The smallest absolute Gasteiger partial charge is 0.221 e. The number of carbonyl (C=O) groups excluding carboxylic acids is 1. The molecule has 5 heteroatoms. The Morgan fingerprint density at radius 2 is 2.10 bits per heavy atom. The standard InChI is InChI=1S/C15H20FN3O/c1-15(2,3)19-13(20)7-8-18-10-12-6-4-5-11(9-17)14(12)16/h4-6,18H,7-8,10H2,1-3H3,(H,19,20). The molecule has 0 atom stereocenters.